The first-order chi connectivity index (χ1) is 16.8. The standard InChI is InChI=1S/C29H47NO6/c1-17(24-34-15-26(2,3)16-35-24)20-7-8-21-19-9-12-29(33)14-18(36-25(32)30-6)13-23(31)28(29,5)22(19)10-11-27(20,21)4/h9,12,17-24,31,33H,7-8,10-11,13-16H2,1-6H3,(H,30,32)/t17?,18-,19-,20+,21-,22-,23-,27+,28-,29+/m0/s1. The van der Waals surface area contributed by atoms with E-state index < -0.39 is 29.3 Å². The molecule has 4 fully saturated rings. The Morgan fingerprint density at radius 2 is 1.81 bits per heavy atom. The Labute approximate surface area is 216 Å². The number of ether oxygens (including phenoxy) is 3. The topological polar surface area (TPSA) is 97.3 Å². The lowest BCUT2D eigenvalue weighted by Gasteiger charge is -2.63. The largest absolute Gasteiger partial charge is 0.446 e. The van der Waals surface area contributed by atoms with Crippen molar-refractivity contribution in [2.75, 3.05) is 20.3 Å². The van der Waals surface area contributed by atoms with E-state index in [9.17, 15) is 15.0 Å². The Balaban J connectivity index is 1.36. The lowest BCUT2D eigenvalue weighted by Crippen LogP contribution is -2.66. The van der Waals surface area contributed by atoms with Gasteiger partial charge in [-0.2, -0.15) is 0 Å². The number of nitrogens with one attached hydrogen (secondary N) is 1. The maximum Gasteiger partial charge on any atom is 0.407 e. The van der Waals surface area contributed by atoms with Crippen LogP contribution in [-0.2, 0) is 14.2 Å². The molecule has 4 aliphatic carbocycles. The molecule has 3 N–H and O–H groups in total. The molecule has 1 saturated heterocycles. The molecular formula is C29H47NO6. The van der Waals surface area contributed by atoms with E-state index in [2.05, 4.69) is 46.0 Å². The smallest absolute Gasteiger partial charge is 0.407 e. The van der Waals surface area contributed by atoms with Crippen molar-refractivity contribution in [2.45, 2.75) is 97.2 Å². The number of aliphatic hydroxyl groups is 2. The second-order valence-corrected chi connectivity index (χ2v) is 13.8. The van der Waals surface area contributed by atoms with Gasteiger partial charge in [0.1, 0.15) is 6.10 Å². The third-order valence-electron chi connectivity index (χ3n) is 11.2. The maximum absolute atomic E-state index is 11.9. The number of carbonyl (C=O) groups is 1. The highest BCUT2D eigenvalue weighted by Gasteiger charge is 2.66. The van der Waals surface area contributed by atoms with Crippen LogP contribution in [0.2, 0.25) is 0 Å². The minimum atomic E-state index is -1.19. The second-order valence-electron chi connectivity index (χ2n) is 13.8. The number of amides is 1. The first kappa shape index (κ1) is 26.5. The van der Waals surface area contributed by atoms with Crippen LogP contribution < -0.4 is 5.32 Å². The van der Waals surface area contributed by atoms with Crippen LogP contribution >= 0.6 is 0 Å². The van der Waals surface area contributed by atoms with Crippen LogP contribution in [0.4, 0.5) is 4.79 Å². The van der Waals surface area contributed by atoms with Gasteiger partial charge in [-0.25, -0.2) is 4.79 Å². The Hall–Kier alpha value is -1.15. The molecule has 1 heterocycles. The van der Waals surface area contributed by atoms with Crippen LogP contribution in [0.3, 0.4) is 0 Å². The summed E-state index contributed by atoms with van der Waals surface area (Å²) < 4.78 is 17.9. The van der Waals surface area contributed by atoms with E-state index >= 15 is 0 Å². The van der Waals surface area contributed by atoms with Gasteiger partial charge in [0, 0.05) is 36.6 Å². The van der Waals surface area contributed by atoms with Gasteiger partial charge in [-0.15, -0.1) is 0 Å². The third kappa shape index (κ3) is 3.95. The summed E-state index contributed by atoms with van der Waals surface area (Å²) in [5, 5.41) is 25.8. The van der Waals surface area contributed by atoms with Gasteiger partial charge in [-0.1, -0.05) is 46.8 Å². The predicted molar refractivity (Wildman–Crippen MR) is 136 cm³/mol. The number of hydrogen-bond acceptors (Lipinski definition) is 6. The molecule has 5 aliphatic rings. The van der Waals surface area contributed by atoms with E-state index in [1.54, 1.807) is 0 Å². The van der Waals surface area contributed by atoms with Gasteiger partial charge in [-0.3, -0.25) is 0 Å². The quantitative estimate of drug-likeness (QED) is 0.496. The molecule has 1 amide bonds. The number of allylic oxidation sites excluding steroid dienone is 1. The van der Waals surface area contributed by atoms with Gasteiger partial charge in [-0.05, 0) is 54.8 Å². The number of rotatable bonds is 3. The summed E-state index contributed by atoms with van der Waals surface area (Å²) >= 11 is 0. The molecule has 0 aromatic carbocycles. The molecule has 36 heavy (non-hydrogen) atoms. The highest BCUT2D eigenvalue weighted by molar-refractivity contribution is 5.66. The molecule has 5 rings (SSSR count). The summed E-state index contributed by atoms with van der Waals surface area (Å²) in [6, 6.07) is 0. The fourth-order valence-corrected chi connectivity index (χ4v) is 9.08. The van der Waals surface area contributed by atoms with E-state index in [0.717, 1.165) is 38.9 Å². The predicted octanol–water partition coefficient (Wildman–Crippen LogP) is 4.27. The van der Waals surface area contributed by atoms with E-state index in [4.69, 9.17) is 14.2 Å². The SMILES string of the molecule is CNC(=O)O[C@H]1C[C@H](O)[C@]2(C)[C@H]3CC[C@]4(C)[C@@H](C(C)C5OCC(C)(C)CO5)CC[C@H]4[C@@H]3C=C[C@@]2(O)C1. The number of alkyl carbamates (subject to hydrolysis) is 1. The first-order valence-corrected chi connectivity index (χ1v) is 14.1. The molecule has 0 bridgehead atoms. The van der Waals surface area contributed by atoms with Gasteiger partial charge >= 0.3 is 6.09 Å². The molecule has 3 saturated carbocycles. The molecule has 7 heteroatoms. The summed E-state index contributed by atoms with van der Waals surface area (Å²) in [5.41, 5.74) is -1.61. The number of carbonyl (C=O) groups excluding carboxylic acids is 1. The van der Waals surface area contributed by atoms with Gasteiger partial charge in [0.2, 0.25) is 0 Å². The maximum atomic E-state index is 11.9. The Morgan fingerprint density at radius 1 is 1.11 bits per heavy atom. The summed E-state index contributed by atoms with van der Waals surface area (Å²) in [7, 11) is 1.52. The second kappa shape index (κ2) is 8.96. The zero-order valence-electron chi connectivity index (χ0n) is 23.0. The zero-order valence-corrected chi connectivity index (χ0v) is 23.0. The monoisotopic (exact) mass is 505 g/mol. The zero-order chi connectivity index (χ0) is 26.1. The van der Waals surface area contributed by atoms with Crippen LogP contribution in [0.25, 0.3) is 0 Å². The van der Waals surface area contributed by atoms with Gasteiger partial charge in [0.05, 0.1) is 24.9 Å². The van der Waals surface area contributed by atoms with Gasteiger partial charge in [0.15, 0.2) is 6.29 Å². The van der Waals surface area contributed by atoms with Crippen molar-refractivity contribution in [1.29, 1.82) is 0 Å². The van der Waals surface area contributed by atoms with E-state index in [0.29, 0.717) is 36.5 Å². The molecule has 1 unspecified atom stereocenters. The van der Waals surface area contributed by atoms with Crippen molar-refractivity contribution in [2.24, 2.45) is 45.8 Å². The van der Waals surface area contributed by atoms with Crippen LogP contribution in [0, 0.1) is 45.8 Å². The van der Waals surface area contributed by atoms with Crippen LogP contribution in [-0.4, -0.2) is 60.7 Å². The molecule has 204 valence electrons. The summed E-state index contributed by atoms with van der Waals surface area (Å²) in [6.45, 7) is 12.7. The Morgan fingerprint density at radius 3 is 2.47 bits per heavy atom. The first-order valence-electron chi connectivity index (χ1n) is 14.1. The molecule has 0 radical (unpaired) electrons. The highest BCUT2D eigenvalue weighted by atomic mass is 16.7. The third-order valence-corrected chi connectivity index (χ3v) is 11.2. The van der Waals surface area contributed by atoms with Crippen LogP contribution in [0.15, 0.2) is 12.2 Å². The van der Waals surface area contributed by atoms with E-state index in [1.165, 1.54) is 7.05 Å². The molecule has 0 aromatic heterocycles. The van der Waals surface area contributed by atoms with Gasteiger partial charge in [0.25, 0.3) is 0 Å². The number of aliphatic hydroxyl groups excluding tert-OH is 1. The summed E-state index contributed by atoms with van der Waals surface area (Å²) in [6.07, 6.45) is 7.32. The fraction of sp³-hybridized carbons (Fsp3) is 0.897. The van der Waals surface area contributed by atoms with Crippen LogP contribution in [0.1, 0.15) is 73.1 Å². The highest BCUT2D eigenvalue weighted by Crippen LogP contribution is 2.67. The van der Waals surface area contributed by atoms with Crippen molar-refractivity contribution in [3.63, 3.8) is 0 Å². The van der Waals surface area contributed by atoms with Crippen molar-refractivity contribution >= 4 is 6.09 Å². The van der Waals surface area contributed by atoms with Crippen molar-refractivity contribution in [3.8, 4) is 0 Å². The van der Waals surface area contributed by atoms with Crippen LogP contribution in [0.5, 0.6) is 0 Å². The Bertz CT molecular complexity index is 881. The minimum absolute atomic E-state index is 0.0702. The Kier molecular flexibility index (Phi) is 6.58. The van der Waals surface area contributed by atoms with E-state index in [-0.39, 0.29) is 23.0 Å². The molecule has 10 atom stereocenters. The lowest BCUT2D eigenvalue weighted by atomic mass is 9.44. The average Bonchev–Trinajstić information content (AvgIpc) is 3.17. The normalized spacial score (nSPS) is 48.9. The fourth-order valence-electron chi connectivity index (χ4n) is 9.08. The molecule has 7 nitrogen and oxygen atoms in total. The molecule has 0 spiro atoms. The lowest BCUT2D eigenvalue weighted by molar-refractivity contribution is -0.254. The molecular weight excluding hydrogens is 458 g/mol. The van der Waals surface area contributed by atoms with Crippen molar-refractivity contribution in [3.05, 3.63) is 12.2 Å². The number of fused-ring (bicyclic) bond motifs is 5. The minimum Gasteiger partial charge on any atom is -0.446 e. The van der Waals surface area contributed by atoms with Crippen molar-refractivity contribution in [1.82, 2.24) is 5.32 Å². The van der Waals surface area contributed by atoms with Gasteiger partial charge < -0.3 is 29.7 Å². The molecule has 1 aliphatic heterocycles. The number of hydrogen-bond donors (Lipinski definition) is 3. The summed E-state index contributed by atoms with van der Waals surface area (Å²) in [4.78, 5) is 11.8. The molecule has 0 aromatic rings. The van der Waals surface area contributed by atoms with Crippen molar-refractivity contribution < 1.29 is 29.2 Å². The average molecular weight is 506 g/mol. The summed E-state index contributed by atoms with van der Waals surface area (Å²) in [5.74, 6) is 1.88. The van der Waals surface area contributed by atoms with E-state index in [1.807, 2.05) is 6.08 Å².